The second-order valence-corrected chi connectivity index (χ2v) is 8.84. The van der Waals surface area contributed by atoms with Crippen LogP contribution in [0.3, 0.4) is 0 Å². The Morgan fingerprint density at radius 2 is 2.07 bits per heavy atom. The number of aryl methyl sites for hydroxylation is 2. The average molecular weight is 402 g/mol. The Morgan fingerprint density at radius 3 is 2.82 bits per heavy atom. The first-order chi connectivity index (χ1) is 13.6. The summed E-state index contributed by atoms with van der Waals surface area (Å²) in [7, 11) is 0. The van der Waals surface area contributed by atoms with Crippen LogP contribution in [0, 0.1) is 19.8 Å². The minimum absolute atomic E-state index is 0.185. The number of anilines is 2. The minimum atomic E-state index is -0.221. The van der Waals surface area contributed by atoms with Gasteiger partial charge >= 0.3 is 0 Å². The number of nitrogens with one attached hydrogen (secondary N) is 1. The molecule has 1 amide bonds. The third-order valence-corrected chi connectivity index (χ3v) is 6.20. The van der Waals surface area contributed by atoms with Crippen LogP contribution >= 0.6 is 11.3 Å². The minimum Gasteiger partial charge on any atom is -0.368 e. The highest BCUT2D eigenvalue weighted by molar-refractivity contribution is 7.15. The molecule has 0 spiro atoms. The Hall–Kier alpha value is -2.06. The lowest BCUT2D eigenvalue weighted by molar-refractivity contribution is -0.144. The number of thiazole rings is 1. The number of amides is 1. The molecule has 2 fully saturated rings. The quantitative estimate of drug-likeness (QED) is 0.840. The summed E-state index contributed by atoms with van der Waals surface area (Å²) in [6.07, 6.45) is 7.25. The van der Waals surface area contributed by atoms with Gasteiger partial charge in [-0.05, 0) is 26.7 Å². The van der Waals surface area contributed by atoms with E-state index in [0.29, 0.717) is 31.3 Å². The van der Waals surface area contributed by atoms with E-state index in [2.05, 4.69) is 20.3 Å². The summed E-state index contributed by atoms with van der Waals surface area (Å²) in [6, 6.07) is 1.91. The van der Waals surface area contributed by atoms with Gasteiger partial charge in [-0.15, -0.1) is 11.3 Å². The molecular formula is C20H27N5O2S. The molecule has 2 aliphatic rings. The first kappa shape index (κ1) is 19.3. The van der Waals surface area contributed by atoms with E-state index in [4.69, 9.17) is 4.74 Å². The van der Waals surface area contributed by atoms with Crippen LogP contribution in [0.25, 0.3) is 0 Å². The van der Waals surface area contributed by atoms with Gasteiger partial charge in [-0.1, -0.05) is 19.3 Å². The summed E-state index contributed by atoms with van der Waals surface area (Å²) in [4.78, 5) is 29.4. The van der Waals surface area contributed by atoms with Gasteiger partial charge in [0.1, 0.15) is 17.7 Å². The summed E-state index contributed by atoms with van der Waals surface area (Å²) in [5, 5.41) is 4.06. The van der Waals surface area contributed by atoms with Gasteiger partial charge in [-0.3, -0.25) is 4.79 Å². The average Bonchev–Trinajstić information content (AvgIpc) is 3.12. The fourth-order valence-electron chi connectivity index (χ4n) is 3.98. The van der Waals surface area contributed by atoms with Crippen molar-refractivity contribution in [2.75, 3.05) is 25.0 Å². The third kappa shape index (κ3) is 4.50. The van der Waals surface area contributed by atoms with E-state index < -0.39 is 0 Å². The molecule has 2 aromatic heterocycles. The van der Waals surface area contributed by atoms with Gasteiger partial charge < -0.3 is 15.0 Å². The molecule has 1 saturated heterocycles. The van der Waals surface area contributed by atoms with Crippen LogP contribution in [-0.2, 0) is 9.53 Å². The van der Waals surface area contributed by atoms with Crippen molar-refractivity contribution in [1.29, 1.82) is 0 Å². The van der Waals surface area contributed by atoms with Crippen LogP contribution in [0.1, 0.15) is 54.6 Å². The van der Waals surface area contributed by atoms with Crippen molar-refractivity contribution >= 4 is 28.2 Å². The normalized spacial score (nSPS) is 20.9. The lowest BCUT2D eigenvalue weighted by Crippen LogP contribution is -2.45. The molecule has 0 aromatic carbocycles. The number of hydrogen-bond acceptors (Lipinski definition) is 7. The number of nitrogens with zero attached hydrogens (tertiary/aromatic N) is 4. The zero-order valence-corrected chi connectivity index (χ0v) is 17.3. The van der Waals surface area contributed by atoms with Crippen LogP contribution in [0.15, 0.2) is 12.3 Å². The van der Waals surface area contributed by atoms with Crippen LogP contribution in [0.2, 0.25) is 0 Å². The Morgan fingerprint density at radius 1 is 1.25 bits per heavy atom. The molecule has 150 valence electrons. The second kappa shape index (κ2) is 8.53. The number of carbonyl (C=O) groups excluding carboxylic acids is 1. The Labute approximate surface area is 169 Å². The van der Waals surface area contributed by atoms with Crippen molar-refractivity contribution in [3.8, 4) is 0 Å². The fraction of sp³-hybridized carbons (Fsp3) is 0.600. The van der Waals surface area contributed by atoms with E-state index in [1.54, 1.807) is 11.3 Å². The highest BCUT2D eigenvalue weighted by Gasteiger charge is 2.31. The van der Waals surface area contributed by atoms with Gasteiger partial charge in [0.25, 0.3) is 0 Å². The topological polar surface area (TPSA) is 80.2 Å². The van der Waals surface area contributed by atoms with E-state index in [1.807, 2.05) is 31.0 Å². The van der Waals surface area contributed by atoms with Crippen LogP contribution in [0.4, 0.5) is 10.9 Å². The van der Waals surface area contributed by atoms with Crippen LogP contribution in [0.5, 0.6) is 0 Å². The standard InChI is InChI=1S/C20H27N5O2S/c1-13-11-21-20(28-13)24-18-10-16(22-14(2)23-18)17-12-25(8-9-27-17)19(26)15-6-4-3-5-7-15/h10-11,15,17H,3-9,12H2,1-2H3,(H,21,22,23,24). The van der Waals surface area contributed by atoms with Gasteiger partial charge in [0, 0.05) is 29.6 Å². The first-order valence-corrected chi connectivity index (χ1v) is 10.9. The number of ether oxygens (including phenoxy) is 1. The molecule has 2 aromatic rings. The van der Waals surface area contributed by atoms with Crippen molar-refractivity contribution < 1.29 is 9.53 Å². The highest BCUT2D eigenvalue weighted by Crippen LogP contribution is 2.29. The lowest BCUT2D eigenvalue weighted by atomic mass is 9.88. The molecule has 3 heterocycles. The molecule has 7 nitrogen and oxygen atoms in total. The Bertz CT molecular complexity index is 834. The van der Waals surface area contributed by atoms with E-state index in [0.717, 1.165) is 28.5 Å². The van der Waals surface area contributed by atoms with E-state index in [1.165, 1.54) is 19.3 Å². The van der Waals surface area contributed by atoms with E-state index in [9.17, 15) is 4.79 Å². The SMILES string of the molecule is Cc1nc(Nc2ncc(C)s2)cc(C2CN(C(=O)C3CCCCC3)CCO2)n1. The van der Waals surface area contributed by atoms with Gasteiger partial charge in [0.2, 0.25) is 5.91 Å². The predicted octanol–water partition coefficient (Wildman–Crippen LogP) is 3.77. The fourth-order valence-corrected chi connectivity index (χ4v) is 4.65. The molecular weight excluding hydrogens is 374 g/mol. The molecule has 1 N–H and O–H groups in total. The predicted molar refractivity (Wildman–Crippen MR) is 109 cm³/mol. The zero-order valence-electron chi connectivity index (χ0n) is 16.5. The molecule has 0 bridgehead atoms. The van der Waals surface area contributed by atoms with Gasteiger partial charge in [-0.25, -0.2) is 15.0 Å². The largest absolute Gasteiger partial charge is 0.368 e. The summed E-state index contributed by atoms with van der Waals surface area (Å²) in [6.45, 7) is 5.66. The maximum atomic E-state index is 12.9. The Kier molecular flexibility index (Phi) is 5.87. The van der Waals surface area contributed by atoms with Crippen LogP contribution < -0.4 is 5.32 Å². The van der Waals surface area contributed by atoms with E-state index in [-0.39, 0.29) is 17.9 Å². The second-order valence-electron chi connectivity index (χ2n) is 7.60. The molecule has 1 aliphatic carbocycles. The lowest BCUT2D eigenvalue weighted by Gasteiger charge is -2.35. The Balaban J connectivity index is 1.47. The molecule has 1 unspecified atom stereocenters. The van der Waals surface area contributed by atoms with Crippen LogP contribution in [-0.4, -0.2) is 45.5 Å². The van der Waals surface area contributed by atoms with Crippen molar-refractivity contribution in [2.45, 2.75) is 52.1 Å². The molecule has 0 radical (unpaired) electrons. The monoisotopic (exact) mass is 401 g/mol. The number of rotatable bonds is 4. The first-order valence-electron chi connectivity index (χ1n) is 10.0. The molecule has 1 atom stereocenters. The molecule has 4 rings (SSSR count). The third-order valence-electron chi connectivity index (χ3n) is 5.38. The van der Waals surface area contributed by atoms with Crippen molar-refractivity contribution in [3.63, 3.8) is 0 Å². The maximum Gasteiger partial charge on any atom is 0.225 e. The number of morpholine rings is 1. The summed E-state index contributed by atoms with van der Waals surface area (Å²) >= 11 is 1.58. The summed E-state index contributed by atoms with van der Waals surface area (Å²) in [5.74, 6) is 1.85. The molecule has 1 aliphatic heterocycles. The van der Waals surface area contributed by atoms with Crippen molar-refractivity contribution in [2.24, 2.45) is 5.92 Å². The highest BCUT2D eigenvalue weighted by atomic mass is 32.1. The van der Waals surface area contributed by atoms with Gasteiger partial charge in [0.15, 0.2) is 5.13 Å². The number of hydrogen-bond donors (Lipinski definition) is 1. The molecule has 8 heteroatoms. The van der Waals surface area contributed by atoms with Crippen molar-refractivity contribution in [3.05, 3.63) is 28.7 Å². The van der Waals surface area contributed by atoms with E-state index >= 15 is 0 Å². The van der Waals surface area contributed by atoms with Crippen molar-refractivity contribution in [1.82, 2.24) is 19.9 Å². The summed E-state index contributed by atoms with van der Waals surface area (Å²) in [5.41, 5.74) is 0.810. The molecule has 1 saturated carbocycles. The smallest absolute Gasteiger partial charge is 0.225 e. The van der Waals surface area contributed by atoms with Gasteiger partial charge in [0.05, 0.1) is 18.8 Å². The summed E-state index contributed by atoms with van der Waals surface area (Å²) < 4.78 is 5.97. The van der Waals surface area contributed by atoms with Gasteiger partial charge in [-0.2, -0.15) is 0 Å². The number of carbonyl (C=O) groups is 1. The number of aromatic nitrogens is 3. The zero-order chi connectivity index (χ0) is 19.5. The maximum absolute atomic E-state index is 12.9. The molecule has 28 heavy (non-hydrogen) atoms.